The van der Waals surface area contributed by atoms with Crippen molar-refractivity contribution in [1.29, 1.82) is 0 Å². The van der Waals surface area contributed by atoms with E-state index in [1.165, 1.54) is 0 Å². The van der Waals surface area contributed by atoms with Crippen LogP contribution in [0.15, 0.2) is 36.4 Å². The lowest BCUT2D eigenvalue weighted by Crippen LogP contribution is -2.48. The zero-order valence-electron chi connectivity index (χ0n) is 16.1. The van der Waals surface area contributed by atoms with Crippen LogP contribution in [-0.4, -0.2) is 37.1 Å². The Labute approximate surface area is 166 Å². The number of nitrogens with zero attached hydrogens (tertiary/aromatic N) is 2. The van der Waals surface area contributed by atoms with E-state index in [1.807, 2.05) is 21.0 Å². The number of aryl methyl sites for hydroxylation is 1. The molecule has 2 atom stereocenters. The van der Waals surface area contributed by atoms with Crippen molar-refractivity contribution in [2.45, 2.75) is 44.7 Å². The van der Waals surface area contributed by atoms with Gasteiger partial charge >= 0.3 is 0 Å². The summed E-state index contributed by atoms with van der Waals surface area (Å²) in [6.45, 7) is 2.00. The van der Waals surface area contributed by atoms with Gasteiger partial charge in [-0.1, -0.05) is 24.4 Å². The molecule has 2 aromatic rings. The smallest absolute Gasteiger partial charge is 0.251 e. The number of anilines is 2. The van der Waals surface area contributed by atoms with E-state index < -0.39 is 0 Å². The van der Waals surface area contributed by atoms with E-state index in [9.17, 15) is 4.79 Å². The summed E-state index contributed by atoms with van der Waals surface area (Å²) in [6.07, 6.45) is 4.24. The summed E-state index contributed by atoms with van der Waals surface area (Å²) < 4.78 is 0. The summed E-state index contributed by atoms with van der Waals surface area (Å²) in [6, 6.07) is 11.4. The molecule has 3 rings (SSSR count). The minimum absolute atomic E-state index is 0.0588. The minimum atomic E-state index is -0.0588. The first-order valence-electron chi connectivity index (χ1n) is 9.41. The van der Waals surface area contributed by atoms with E-state index in [1.54, 1.807) is 24.3 Å². The van der Waals surface area contributed by atoms with Crippen molar-refractivity contribution in [2.24, 2.45) is 0 Å². The van der Waals surface area contributed by atoms with Gasteiger partial charge in [0.05, 0.1) is 0 Å². The van der Waals surface area contributed by atoms with Crippen molar-refractivity contribution < 1.29 is 4.79 Å². The van der Waals surface area contributed by atoms with Crippen LogP contribution >= 0.6 is 11.6 Å². The predicted octanol–water partition coefficient (Wildman–Crippen LogP) is 4.26. The highest BCUT2D eigenvalue weighted by Crippen LogP contribution is 2.24. The molecule has 1 heterocycles. The van der Waals surface area contributed by atoms with E-state index in [0.29, 0.717) is 10.6 Å². The summed E-state index contributed by atoms with van der Waals surface area (Å²) in [5, 5.41) is 7.38. The van der Waals surface area contributed by atoms with Gasteiger partial charge in [-0.3, -0.25) is 4.79 Å². The monoisotopic (exact) mass is 386 g/mol. The SMILES string of the molecule is Cc1cc(N(C)C)cc(NC2CCCCC2NC(=O)c2ccc(Cl)cc2)n1. The topological polar surface area (TPSA) is 57.3 Å². The summed E-state index contributed by atoms with van der Waals surface area (Å²) in [4.78, 5) is 19.3. The molecule has 27 heavy (non-hydrogen) atoms. The van der Waals surface area contributed by atoms with E-state index in [2.05, 4.69) is 32.7 Å². The summed E-state index contributed by atoms with van der Waals surface area (Å²) in [5.74, 6) is 0.799. The van der Waals surface area contributed by atoms with Gasteiger partial charge < -0.3 is 15.5 Å². The second-order valence-corrected chi connectivity index (χ2v) is 7.80. The highest BCUT2D eigenvalue weighted by Gasteiger charge is 2.27. The summed E-state index contributed by atoms with van der Waals surface area (Å²) in [5.41, 5.74) is 2.72. The third-order valence-electron chi connectivity index (χ3n) is 4.98. The van der Waals surface area contributed by atoms with Gasteiger partial charge in [0.15, 0.2) is 0 Å². The number of hydrogen-bond acceptors (Lipinski definition) is 4. The Morgan fingerprint density at radius 2 is 1.78 bits per heavy atom. The average Bonchev–Trinajstić information content (AvgIpc) is 2.63. The molecule has 0 aliphatic heterocycles. The van der Waals surface area contributed by atoms with E-state index in [4.69, 9.17) is 11.6 Å². The zero-order chi connectivity index (χ0) is 19.4. The van der Waals surface area contributed by atoms with Crippen molar-refractivity contribution in [3.8, 4) is 0 Å². The maximum absolute atomic E-state index is 12.6. The molecule has 1 amide bonds. The lowest BCUT2D eigenvalue weighted by Gasteiger charge is -2.33. The molecular formula is C21H27ClN4O. The number of pyridine rings is 1. The van der Waals surface area contributed by atoms with Crippen molar-refractivity contribution in [1.82, 2.24) is 10.3 Å². The lowest BCUT2D eigenvalue weighted by atomic mass is 9.90. The van der Waals surface area contributed by atoms with Crippen LogP contribution in [0.5, 0.6) is 0 Å². The van der Waals surface area contributed by atoms with Crippen LogP contribution in [-0.2, 0) is 0 Å². The Balaban J connectivity index is 1.72. The van der Waals surface area contributed by atoms with Crippen molar-refractivity contribution in [3.05, 3.63) is 52.7 Å². The van der Waals surface area contributed by atoms with Gasteiger partial charge in [0.1, 0.15) is 5.82 Å². The standard InChI is InChI=1S/C21H27ClN4O/c1-14-12-17(26(2)3)13-20(23-14)24-18-6-4-5-7-19(18)25-21(27)15-8-10-16(22)11-9-15/h8-13,18-19H,4-7H2,1-3H3,(H,23,24)(H,25,27). The molecule has 0 radical (unpaired) electrons. The third-order valence-corrected chi connectivity index (χ3v) is 5.23. The Kier molecular flexibility index (Phi) is 6.22. The number of benzene rings is 1. The minimum Gasteiger partial charge on any atom is -0.377 e. The van der Waals surface area contributed by atoms with E-state index >= 15 is 0 Å². The number of hydrogen-bond donors (Lipinski definition) is 2. The lowest BCUT2D eigenvalue weighted by molar-refractivity contribution is 0.0923. The van der Waals surface area contributed by atoms with Crippen molar-refractivity contribution in [2.75, 3.05) is 24.3 Å². The quantitative estimate of drug-likeness (QED) is 0.806. The maximum Gasteiger partial charge on any atom is 0.251 e. The zero-order valence-corrected chi connectivity index (χ0v) is 16.9. The highest BCUT2D eigenvalue weighted by atomic mass is 35.5. The average molecular weight is 387 g/mol. The first-order valence-corrected chi connectivity index (χ1v) is 9.79. The molecule has 5 nitrogen and oxygen atoms in total. The van der Waals surface area contributed by atoms with Crippen LogP contribution in [0.3, 0.4) is 0 Å². The van der Waals surface area contributed by atoms with Crippen LogP contribution < -0.4 is 15.5 Å². The van der Waals surface area contributed by atoms with Gasteiger partial charge in [0, 0.05) is 54.2 Å². The van der Waals surface area contributed by atoms with E-state index in [0.717, 1.165) is 42.9 Å². The number of halogens is 1. The summed E-state index contributed by atoms with van der Waals surface area (Å²) >= 11 is 5.92. The molecule has 0 spiro atoms. The molecule has 1 aromatic carbocycles. The summed E-state index contributed by atoms with van der Waals surface area (Å²) in [7, 11) is 4.04. The van der Waals surface area contributed by atoms with Gasteiger partial charge in [0.2, 0.25) is 0 Å². The first kappa shape index (κ1) is 19.5. The number of carbonyl (C=O) groups excluding carboxylic acids is 1. The predicted molar refractivity (Wildman–Crippen MR) is 112 cm³/mol. The number of aromatic nitrogens is 1. The molecule has 1 aromatic heterocycles. The van der Waals surface area contributed by atoms with Gasteiger partial charge in [0.25, 0.3) is 5.91 Å². The molecule has 6 heteroatoms. The van der Waals surface area contributed by atoms with Crippen LogP contribution in [0.2, 0.25) is 5.02 Å². The van der Waals surface area contributed by atoms with Crippen LogP contribution in [0.25, 0.3) is 0 Å². The van der Waals surface area contributed by atoms with Gasteiger partial charge in [-0.2, -0.15) is 0 Å². The van der Waals surface area contributed by atoms with E-state index in [-0.39, 0.29) is 18.0 Å². The van der Waals surface area contributed by atoms with Gasteiger partial charge in [-0.05, 0) is 50.1 Å². The fraction of sp³-hybridized carbons (Fsp3) is 0.429. The number of nitrogens with one attached hydrogen (secondary N) is 2. The molecule has 1 fully saturated rings. The second-order valence-electron chi connectivity index (χ2n) is 7.37. The molecule has 1 saturated carbocycles. The second kappa shape index (κ2) is 8.61. The largest absolute Gasteiger partial charge is 0.377 e. The fourth-order valence-corrected chi connectivity index (χ4v) is 3.63. The normalized spacial score (nSPS) is 19.4. The van der Waals surface area contributed by atoms with Crippen molar-refractivity contribution in [3.63, 3.8) is 0 Å². The van der Waals surface area contributed by atoms with Crippen LogP contribution in [0.4, 0.5) is 11.5 Å². The molecule has 1 aliphatic rings. The maximum atomic E-state index is 12.6. The Bertz CT molecular complexity index is 791. The molecule has 1 aliphatic carbocycles. The molecule has 144 valence electrons. The van der Waals surface area contributed by atoms with Crippen LogP contribution in [0, 0.1) is 6.92 Å². The Hall–Kier alpha value is -2.27. The van der Waals surface area contributed by atoms with Gasteiger partial charge in [-0.25, -0.2) is 4.98 Å². The molecule has 2 unspecified atom stereocenters. The third kappa shape index (κ3) is 5.13. The fourth-order valence-electron chi connectivity index (χ4n) is 3.50. The first-order chi connectivity index (χ1) is 12.9. The number of carbonyl (C=O) groups is 1. The van der Waals surface area contributed by atoms with Crippen molar-refractivity contribution >= 4 is 29.0 Å². The molecule has 2 N–H and O–H groups in total. The van der Waals surface area contributed by atoms with Gasteiger partial charge in [-0.15, -0.1) is 0 Å². The molecule has 0 saturated heterocycles. The highest BCUT2D eigenvalue weighted by molar-refractivity contribution is 6.30. The Morgan fingerprint density at radius 3 is 2.44 bits per heavy atom. The molecule has 0 bridgehead atoms. The molecular weight excluding hydrogens is 360 g/mol. The number of rotatable bonds is 5. The van der Waals surface area contributed by atoms with Crippen LogP contribution in [0.1, 0.15) is 41.7 Å². The Morgan fingerprint density at radius 1 is 1.11 bits per heavy atom. The number of amides is 1.